The molecule has 0 N–H and O–H groups in total. The number of rotatable bonds is 4. The van der Waals surface area contributed by atoms with Crippen molar-refractivity contribution in [2.24, 2.45) is 0 Å². The smallest absolute Gasteiger partial charge is 0.339 e. The van der Waals surface area contributed by atoms with Gasteiger partial charge in [0, 0.05) is 11.5 Å². The molecule has 1 saturated heterocycles. The van der Waals surface area contributed by atoms with Crippen LogP contribution in [0.1, 0.15) is 20.7 Å². The van der Waals surface area contributed by atoms with E-state index in [1.165, 1.54) is 0 Å². The largest absolute Gasteiger partial charge is 0.454 e. The average molecular weight is 561 g/mol. The summed E-state index contributed by atoms with van der Waals surface area (Å²) in [6.45, 7) is 0. The number of benzene rings is 6. The Morgan fingerprint density at radius 2 is 0.800 bits per heavy atom. The van der Waals surface area contributed by atoms with Crippen molar-refractivity contribution >= 4 is 76.6 Å². The van der Waals surface area contributed by atoms with Crippen molar-refractivity contribution in [2.75, 3.05) is 11.5 Å². The number of carbonyl (C=O) groups is 2. The molecule has 6 aromatic rings. The van der Waals surface area contributed by atoms with E-state index in [1.54, 1.807) is 21.6 Å². The van der Waals surface area contributed by atoms with E-state index < -0.39 is 24.1 Å². The lowest BCUT2D eigenvalue weighted by Gasteiger charge is -2.30. The molecular formula is C34H24O4S2. The first-order chi connectivity index (χ1) is 19.7. The fourth-order valence-corrected chi connectivity index (χ4v) is 7.93. The predicted molar refractivity (Wildman–Crippen MR) is 166 cm³/mol. The third-order valence-electron chi connectivity index (χ3n) is 7.43. The lowest BCUT2D eigenvalue weighted by Crippen LogP contribution is -2.40. The monoisotopic (exact) mass is 560 g/mol. The number of hydrogen-bond donors (Lipinski definition) is 0. The van der Waals surface area contributed by atoms with Gasteiger partial charge in [0.15, 0.2) is 0 Å². The van der Waals surface area contributed by atoms with Crippen LogP contribution in [0.25, 0.3) is 43.1 Å². The number of fused-ring (bicyclic) bond motifs is 4. The molecule has 0 aromatic heterocycles. The average Bonchev–Trinajstić information content (AvgIpc) is 2.99. The third kappa shape index (κ3) is 4.47. The van der Waals surface area contributed by atoms with Crippen molar-refractivity contribution in [1.82, 2.24) is 0 Å². The fourth-order valence-electron chi connectivity index (χ4n) is 5.52. The van der Waals surface area contributed by atoms with Crippen molar-refractivity contribution in [3.05, 3.63) is 120 Å². The van der Waals surface area contributed by atoms with Gasteiger partial charge in [-0.1, -0.05) is 119 Å². The highest BCUT2D eigenvalue weighted by Crippen LogP contribution is 2.36. The van der Waals surface area contributed by atoms with E-state index in [-0.39, 0.29) is 0 Å². The Morgan fingerprint density at radius 1 is 0.500 bits per heavy atom. The fraction of sp³-hybridized carbons (Fsp3) is 0.118. The zero-order valence-corrected chi connectivity index (χ0v) is 23.0. The maximum absolute atomic E-state index is 13.8. The Bertz CT molecular complexity index is 1680. The summed E-state index contributed by atoms with van der Waals surface area (Å²) in [7, 11) is 3.25. The van der Waals surface area contributed by atoms with Crippen LogP contribution in [0.4, 0.5) is 0 Å². The van der Waals surface area contributed by atoms with Gasteiger partial charge >= 0.3 is 11.9 Å². The Hall–Kier alpha value is -4.00. The molecule has 1 aliphatic heterocycles. The first-order valence-corrected chi connectivity index (χ1v) is 15.6. The Kier molecular flexibility index (Phi) is 6.58. The number of carbonyl (C=O) groups excluding carboxylic acids is 2. The molecule has 1 aliphatic rings. The summed E-state index contributed by atoms with van der Waals surface area (Å²) in [5.41, 5.74) is 1.09. The van der Waals surface area contributed by atoms with Gasteiger partial charge in [0.05, 0.1) is 11.1 Å². The van der Waals surface area contributed by atoms with E-state index in [2.05, 4.69) is 12.1 Å². The Balaban J connectivity index is 1.23. The van der Waals surface area contributed by atoms with Crippen molar-refractivity contribution in [3.63, 3.8) is 0 Å². The summed E-state index contributed by atoms with van der Waals surface area (Å²) >= 11 is 0. The van der Waals surface area contributed by atoms with Crippen LogP contribution in [0, 0.1) is 0 Å². The molecule has 0 bridgehead atoms. The van der Waals surface area contributed by atoms with Gasteiger partial charge in [-0.05, 0) is 55.2 Å². The van der Waals surface area contributed by atoms with Crippen molar-refractivity contribution in [1.29, 1.82) is 0 Å². The molecule has 196 valence electrons. The maximum Gasteiger partial charge on any atom is 0.339 e. The summed E-state index contributed by atoms with van der Waals surface area (Å²) < 4.78 is 12.3. The van der Waals surface area contributed by atoms with Crippen LogP contribution >= 0.6 is 21.6 Å². The highest BCUT2D eigenvalue weighted by Gasteiger charge is 2.34. The number of esters is 2. The first-order valence-electron chi connectivity index (χ1n) is 13.1. The minimum absolute atomic E-state index is 0.401. The van der Waals surface area contributed by atoms with Crippen LogP contribution < -0.4 is 0 Å². The van der Waals surface area contributed by atoms with Crippen LogP contribution in [0.5, 0.6) is 0 Å². The second kappa shape index (κ2) is 10.5. The van der Waals surface area contributed by atoms with E-state index in [9.17, 15) is 9.59 Å². The Morgan fingerprint density at radius 3 is 1.12 bits per heavy atom. The van der Waals surface area contributed by atoms with E-state index in [0.29, 0.717) is 22.6 Å². The molecular weight excluding hydrogens is 537 g/mol. The van der Waals surface area contributed by atoms with Gasteiger partial charge < -0.3 is 9.47 Å². The zero-order chi connectivity index (χ0) is 27.1. The zero-order valence-electron chi connectivity index (χ0n) is 21.4. The molecule has 0 aliphatic carbocycles. The van der Waals surface area contributed by atoms with Crippen LogP contribution in [0.15, 0.2) is 109 Å². The summed E-state index contributed by atoms with van der Waals surface area (Å²) in [6, 6.07) is 35.6. The molecule has 6 aromatic carbocycles. The van der Waals surface area contributed by atoms with E-state index in [0.717, 1.165) is 43.1 Å². The highest BCUT2D eigenvalue weighted by atomic mass is 33.1. The van der Waals surface area contributed by atoms with Crippen molar-refractivity contribution in [3.8, 4) is 0 Å². The van der Waals surface area contributed by atoms with Crippen LogP contribution in [-0.4, -0.2) is 35.7 Å². The second-order valence-electron chi connectivity index (χ2n) is 9.84. The molecule has 0 spiro atoms. The van der Waals surface area contributed by atoms with E-state index in [1.807, 2.05) is 97.1 Å². The predicted octanol–water partition coefficient (Wildman–Crippen LogP) is 8.45. The molecule has 0 amide bonds. The lowest BCUT2D eigenvalue weighted by atomic mass is 9.96. The van der Waals surface area contributed by atoms with E-state index in [4.69, 9.17) is 9.47 Å². The second-order valence-corrected chi connectivity index (χ2v) is 12.4. The lowest BCUT2D eigenvalue weighted by molar-refractivity contribution is -0.0208. The van der Waals surface area contributed by atoms with Crippen LogP contribution in [0.3, 0.4) is 0 Å². The summed E-state index contributed by atoms with van der Waals surface area (Å²) in [5, 5.41) is 7.30. The maximum atomic E-state index is 13.8. The van der Waals surface area contributed by atoms with Gasteiger partial charge in [-0.25, -0.2) is 9.59 Å². The minimum atomic E-state index is -0.568. The molecule has 6 heteroatoms. The minimum Gasteiger partial charge on any atom is -0.454 e. The number of hydrogen-bond acceptors (Lipinski definition) is 6. The highest BCUT2D eigenvalue weighted by molar-refractivity contribution is 8.76. The summed E-state index contributed by atoms with van der Waals surface area (Å²) in [4.78, 5) is 27.6. The summed E-state index contributed by atoms with van der Waals surface area (Å²) in [6.07, 6.45) is -1.14. The molecule has 0 radical (unpaired) electrons. The van der Waals surface area contributed by atoms with Crippen LogP contribution in [0.2, 0.25) is 0 Å². The Labute approximate surface area is 239 Å². The number of ether oxygens (including phenoxy) is 2. The van der Waals surface area contributed by atoms with Crippen molar-refractivity contribution < 1.29 is 19.1 Å². The molecule has 1 heterocycles. The third-order valence-corrected chi connectivity index (χ3v) is 9.84. The van der Waals surface area contributed by atoms with Gasteiger partial charge in [0.2, 0.25) is 0 Å². The van der Waals surface area contributed by atoms with Crippen molar-refractivity contribution in [2.45, 2.75) is 12.2 Å². The molecule has 1 fully saturated rings. The van der Waals surface area contributed by atoms with Gasteiger partial charge in [0.25, 0.3) is 0 Å². The van der Waals surface area contributed by atoms with Gasteiger partial charge in [0.1, 0.15) is 12.2 Å². The molecule has 4 nitrogen and oxygen atoms in total. The molecule has 0 unspecified atom stereocenters. The topological polar surface area (TPSA) is 52.6 Å². The van der Waals surface area contributed by atoms with Gasteiger partial charge in [-0.3, -0.25) is 0 Å². The van der Waals surface area contributed by atoms with Gasteiger partial charge in [-0.15, -0.1) is 0 Å². The molecule has 7 rings (SSSR count). The standard InChI is InChI=1S/C34H24O4S2/c35-33(31-25-13-5-1-9-21(25)17-22-10-2-6-14-26(22)31)37-29-19-39-40-20-30(29)38-34(36)32-27-15-7-3-11-23(27)18-24-12-4-8-16-28(24)32/h1-18,29-30H,19-20H2/t29-,30-/m0/s1. The first kappa shape index (κ1) is 25.0. The normalized spacial score (nSPS) is 17.3. The molecule has 2 atom stereocenters. The summed E-state index contributed by atoms with van der Waals surface area (Å²) in [5.74, 6) is 0.269. The van der Waals surface area contributed by atoms with Gasteiger partial charge in [-0.2, -0.15) is 0 Å². The SMILES string of the molecule is O=C(O[C@H]1CSSC[C@@H]1OC(=O)c1c2ccccc2cc2ccccc12)c1c2ccccc2cc2ccccc12. The molecule has 40 heavy (non-hydrogen) atoms. The van der Waals surface area contributed by atoms with E-state index >= 15 is 0 Å². The molecule has 0 saturated carbocycles. The van der Waals surface area contributed by atoms with Crippen LogP contribution in [-0.2, 0) is 9.47 Å². The quantitative estimate of drug-likeness (QED) is 0.123.